The van der Waals surface area contributed by atoms with E-state index in [0.717, 1.165) is 6.26 Å². The lowest BCUT2D eigenvalue weighted by atomic mass is 9.83. The number of hydrogen-bond acceptors (Lipinski definition) is 13. The van der Waals surface area contributed by atoms with Crippen molar-refractivity contribution in [3.05, 3.63) is 60.1 Å². The van der Waals surface area contributed by atoms with Gasteiger partial charge in [-0.1, -0.05) is 18.2 Å². The number of rotatable bonds is 12. The van der Waals surface area contributed by atoms with E-state index in [2.05, 4.69) is 6.58 Å². The van der Waals surface area contributed by atoms with Crippen LogP contribution in [0.2, 0.25) is 0 Å². The van der Waals surface area contributed by atoms with E-state index in [1.54, 1.807) is 24.0 Å². The molecule has 3 heterocycles. The molecule has 0 amide bonds. The zero-order chi connectivity index (χ0) is 30.3. The number of aliphatic hydroxyl groups is 5. The molecule has 0 aliphatic carbocycles. The highest BCUT2D eigenvalue weighted by atomic mass is 16.8. The molecule has 0 aromatic rings. The topological polar surface area (TPSA) is 205 Å². The molecular formula is C27H37NO13. The summed E-state index contributed by atoms with van der Waals surface area (Å²) in [5.41, 5.74) is 0.681. The molecule has 228 valence electrons. The first-order chi connectivity index (χ1) is 19.5. The van der Waals surface area contributed by atoms with Crippen LogP contribution in [0.25, 0.3) is 0 Å². The van der Waals surface area contributed by atoms with Gasteiger partial charge < -0.3 is 59.2 Å². The Balaban J connectivity index is 1.93. The molecule has 3 aliphatic rings. The summed E-state index contributed by atoms with van der Waals surface area (Å²) in [6.07, 6.45) is 1.03. The van der Waals surface area contributed by atoms with E-state index in [0.29, 0.717) is 12.1 Å². The van der Waals surface area contributed by atoms with E-state index >= 15 is 0 Å². The standard InChI is InChI=1S/C27H37NO13/c1-4-17-18(7-6-15-10-16(23(32)33)12-28(11-15)8-9-29)19(24(34)37-3)14-39-25(17)41-26-22(38-5-2)27(35,36)21(31)20(13-30)40-26/h4,6-7,10,12,14,17-18,20-22,25-26,29-31,35-36H,1,5,8-9,11,13H2,2-3H3,(H,32,33)/b7-6+/t17-,18+,20-,21-,22+,25+,26+/m1/s1. The van der Waals surface area contributed by atoms with Crippen LogP contribution in [0, 0.1) is 11.8 Å². The van der Waals surface area contributed by atoms with E-state index in [1.165, 1.54) is 25.5 Å². The second-order valence-corrected chi connectivity index (χ2v) is 9.54. The van der Waals surface area contributed by atoms with Gasteiger partial charge >= 0.3 is 11.9 Å². The summed E-state index contributed by atoms with van der Waals surface area (Å²) < 4.78 is 27.5. The zero-order valence-electron chi connectivity index (χ0n) is 22.7. The molecular weight excluding hydrogens is 546 g/mol. The minimum atomic E-state index is -2.85. The van der Waals surface area contributed by atoms with Crippen molar-refractivity contribution in [3.63, 3.8) is 0 Å². The number of aliphatic carboxylic acids is 1. The van der Waals surface area contributed by atoms with Gasteiger partial charge in [0.25, 0.3) is 0 Å². The van der Waals surface area contributed by atoms with Crippen LogP contribution in [-0.4, -0.2) is 124 Å². The summed E-state index contributed by atoms with van der Waals surface area (Å²) in [5.74, 6) is -6.27. The largest absolute Gasteiger partial charge is 0.478 e. The maximum atomic E-state index is 12.6. The Kier molecular flexibility index (Phi) is 11.2. The smallest absolute Gasteiger partial charge is 0.337 e. The Hall–Kier alpha value is -3.08. The van der Waals surface area contributed by atoms with Gasteiger partial charge in [0.05, 0.1) is 43.6 Å². The number of carboxylic acids is 1. The Morgan fingerprint density at radius 1 is 1.27 bits per heavy atom. The normalized spacial score (nSPS) is 31.5. The average Bonchev–Trinajstić information content (AvgIpc) is 2.95. The molecule has 0 spiro atoms. The fourth-order valence-corrected chi connectivity index (χ4v) is 4.80. The third-order valence-electron chi connectivity index (χ3n) is 6.87. The molecule has 0 unspecified atom stereocenters. The lowest BCUT2D eigenvalue weighted by molar-refractivity contribution is -0.410. The summed E-state index contributed by atoms with van der Waals surface area (Å²) in [6.45, 7) is 4.97. The van der Waals surface area contributed by atoms with E-state index in [9.17, 15) is 40.2 Å². The fourth-order valence-electron chi connectivity index (χ4n) is 4.80. The van der Waals surface area contributed by atoms with Crippen LogP contribution < -0.4 is 0 Å². The number of allylic oxidation sites excluding steroid dienone is 1. The van der Waals surface area contributed by atoms with Crippen LogP contribution in [0.5, 0.6) is 0 Å². The first-order valence-corrected chi connectivity index (χ1v) is 12.9. The summed E-state index contributed by atoms with van der Waals surface area (Å²) in [5, 5.41) is 59.9. The van der Waals surface area contributed by atoms with Crippen molar-refractivity contribution in [2.45, 2.75) is 43.6 Å². The molecule has 14 heteroatoms. The first-order valence-electron chi connectivity index (χ1n) is 12.9. The Labute approximate surface area is 236 Å². The lowest BCUT2D eigenvalue weighted by Crippen LogP contribution is -2.68. The third-order valence-corrected chi connectivity index (χ3v) is 6.87. The SMILES string of the molecule is C=C[C@H]1[C@H](O[C@@H]2O[C@H](CO)[C@@H](O)C(O)(O)[C@H]2OCC)OC=C(C(=O)OC)[C@H]1/C=C/C1=CC(C(=O)O)=CN(CCO)C1. The second kappa shape index (κ2) is 14.2. The van der Waals surface area contributed by atoms with Gasteiger partial charge in [-0.15, -0.1) is 6.58 Å². The van der Waals surface area contributed by atoms with Crippen molar-refractivity contribution in [1.82, 2.24) is 4.90 Å². The van der Waals surface area contributed by atoms with Crippen molar-refractivity contribution in [1.29, 1.82) is 0 Å². The van der Waals surface area contributed by atoms with Crippen LogP contribution >= 0.6 is 0 Å². The molecule has 0 aromatic heterocycles. The van der Waals surface area contributed by atoms with Crippen molar-refractivity contribution in [3.8, 4) is 0 Å². The molecule has 1 saturated heterocycles. The predicted molar refractivity (Wildman–Crippen MR) is 139 cm³/mol. The number of methoxy groups -OCH3 is 1. The molecule has 3 aliphatic heterocycles. The molecule has 0 bridgehead atoms. The molecule has 1 fully saturated rings. The van der Waals surface area contributed by atoms with Gasteiger partial charge in [-0.05, 0) is 18.6 Å². The highest BCUT2D eigenvalue weighted by Gasteiger charge is 2.57. The lowest BCUT2D eigenvalue weighted by Gasteiger charge is -2.47. The maximum Gasteiger partial charge on any atom is 0.337 e. The van der Waals surface area contributed by atoms with Gasteiger partial charge in [0.1, 0.15) is 12.2 Å². The quantitative estimate of drug-likeness (QED) is 0.0903. The molecule has 6 N–H and O–H groups in total. The number of hydrogen-bond donors (Lipinski definition) is 6. The summed E-state index contributed by atoms with van der Waals surface area (Å²) in [4.78, 5) is 25.9. The van der Waals surface area contributed by atoms with Crippen LogP contribution in [0.15, 0.2) is 60.1 Å². The van der Waals surface area contributed by atoms with Gasteiger partial charge in [-0.2, -0.15) is 0 Å². The minimum Gasteiger partial charge on any atom is -0.478 e. The summed E-state index contributed by atoms with van der Waals surface area (Å²) in [7, 11) is 1.20. The average molecular weight is 584 g/mol. The van der Waals surface area contributed by atoms with E-state index in [-0.39, 0.29) is 30.9 Å². The van der Waals surface area contributed by atoms with Crippen molar-refractivity contribution in [2.75, 3.05) is 40.0 Å². The Morgan fingerprint density at radius 2 is 2.00 bits per heavy atom. The molecule has 7 atom stereocenters. The van der Waals surface area contributed by atoms with E-state index in [1.807, 2.05) is 0 Å². The van der Waals surface area contributed by atoms with Crippen molar-refractivity contribution < 1.29 is 63.9 Å². The van der Waals surface area contributed by atoms with Crippen LogP contribution in [0.3, 0.4) is 0 Å². The fraction of sp³-hybridized carbons (Fsp3) is 0.556. The number of esters is 1. The predicted octanol–water partition coefficient (Wildman–Crippen LogP) is -1.24. The van der Waals surface area contributed by atoms with Crippen molar-refractivity contribution >= 4 is 11.9 Å². The molecule has 0 aromatic carbocycles. The van der Waals surface area contributed by atoms with Gasteiger partial charge in [-0.3, -0.25) is 0 Å². The summed E-state index contributed by atoms with van der Waals surface area (Å²) in [6, 6.07) is 0. The number of nitrogens with zero attached hydrogens (tertiary/aromatic N) is 1. The van der Waals surface area contributed by atoms with Crippen LogP contribution in [-0.2, 0) is 33.3 Å². The Morgan fingerprint density at radius 3 is 2.59 bits per heavy atom. The number of carbonyl (C=O) groups is 2. The van der Waals surface area contributed by atoms with Gasteiger partial charge in [0.15, 0.2) is 12.4 Å². The Bertz CT molecular complexity index is 1080. The highest BCUT2D eigenvalue weighted by Crippen LogP contribution is 2.38. The van der Waals surface area contributed by atoms with Gasteiger partial charge in [0.2, 0.25) is 12.1 Å². The zero-order valence-corrected chi connectivity index (χ0v) is 22.7. The number of carbonyl (C=O) groups excluding carboxylic acids is 1. The van der Waals surface area contributed by atoms with E-state index in [4.69, 9.17) is 23.7 Å². The minimum absolute atomic E-state index is 0.00335. The van der Waals surface area contributed by atoms with Crippen LogP contribution in [0.1, 0.15) is 6.92 Å². The number of aliphatic hydroxyl groups excluding tert-OH is 3. The summed E-state index contributed by atoms with van der Waals surface area (Å²) >= 11 is 0. The second-order valence-electron chi connectivity index (χ2n) is 9.54. The van der Waals surface area contributed by atoms with Crippen LogP contribution in [0.4, 0.5) is 0 Å². The molecule has 41 heavy (non-hydrogen) atoms. The van der Waals surface area contributed by atoms with E-state index < -0.39 is 67.1 Å². The monoisotopic (exact) mass is 583 g/mol. The highest BCUT2D eigenvalue weighted by molar-refractivity contribution is 5.90. The van der Waals surface area contributed by atoms with Gasteiger partial charge in [-0.25, -0.2) is 9.59 Å². The molecule has 14 nitrogen and oxygen atoms in total. The first kappa shape index (κ1) is 32.4. The molecule has 3 rings (SSSR count). The number of β-amino-alcohol motifs (C(OH)–C–C–N with tert-alkyl or cyclic N) is 1. The maximum absolute atomic E-state index is 12.6. The number of carboxylic acid groups (broad SMARTS) is 1. The molecule has 0 radical (unpaired) electrons. The third kappa shape index (κ3) is 7.23. The molecule has 0 saturated carbocycles. The van der Waals surface area contributed by atoms with Crippen molar-refractivity contribution in [2.24, 2.45) is 11.8 Å². The van der Waals surface area contributed by atoms with Gasteiger partial charge in [0, 0.05) is 31.8 Å². The number of ether oxygens (including phenoxy) is 5.